The van der Waals surface area contributed by atoms with Crippen LogP contribution in [-0.2, 0) is 0 Å². The Morgan fingerprint density at radius 3 is 2.93 bits per heavy atom. The van der Waals surface area contributed by atoms with Crippen LogP contribution in [0.25, 0.3) is 0 Å². The van der Waals surface area contributed by atoms with Crippen LogP contribution in [0.3, 0.4) is 0 Å². The number of halogens is 1. The molecule has 1 aromatic carbocycles. The third-order valence-corrected chi connectivity index (χ3v) is 2.63. The van der Waals surface area contributed by atoms with Gasteiger partial charge in [-0.15, -0.1) is 0 Å². The van der Waals surface area contributed by atoms with E-state index >= 15 is 0 Å². The minimum Gasteiger partial charge on any atom is -0.353 e. The zero-order valence-corrected chi connectivity index (χ0v) is 8.62. The maximum absolute atomic E-state index is 6.04. The fourth-order valence-electron chi connectivity index (χ4n) is 1.35. The van der Waals surface area contributed by atoms with Gasteiger partial charge < -0.3 is 5.32 Å². The Hall–Kier alpha value is -1.28. The summed E-state index contributed by atoms with van der Waals surface area (Å²) in [5, 5.41) is 3.70. The summed E-state index contributed by atoms with van der Waals surface area (Å²) in [7, 11) is 0. The van der Waals surface area contributed by atoms with Gasteiger partial charge in [0, 0.05) is 11.2 Å². The molecule has 0 aliphatic carbocycles. The summed E-state index contributed by atoms with van der Waals surface area (Å²) in [5.41, 5.74) is 2.21. The molecule has 0 saturated heterocycles. The van der Waals surface area contributed by atoms with Crippen molar-refractivity contribution in [3.8, 4) is 0 Å². The first kappa shape index (κ1) is 9.28. The van der Waals surface area contributed by atoms with Crippen molar-refractivity contribution in [3.05, 3.63) is 46.6 Å². The number of benzene rings is 1. The summed E-state index contributed by atoms with van der Waals surface area (Å²) in [6, 6.07) is 6.13. The minimum absolute atomic E-state index is 0.0920. The van der Waals surface area contributed by atoms with E-state index in [0.717, 1.165) is 16.1 Å². The van der Waals surface area contributed by atoms with Gasteiger partial charge in [0.2, 0.25) is 0 Å². The molecule has 1 atom stereocenters. The zero-order valence-electron chi connectivity index (χ0n) is 7.87. The molecule has 72 valence electrons. The first-order valence-corrected chi connectivity index (χ1v) is 4.85. The zero-order chi connectivity index (χ0) is 9.97. The molecule has 1 N–H and O–H groups in total. The number of aliphatic imine (C=N–C) groups is 1. The molecule has 0 aromatic heterocycles. The lowest BCUT2D eigenvalue weighted by Gasteiger charge is -2.12. The summed E-state index contributed by atoms with van der Waals surface area (Å²) in [6.07, 6.45) is 5.57. The van der Waals surface area contributed by atoms with Crippen molar-refractivity contribution < 1.29 is 0 Å². The summed E-state index contributed by atoms with van der Waals surface area (Å²) in [5.74, 6) is 0. The molecule has 0 spiro atoms. The normalized spacial score (nSPS) is 19.4. The number of rotatable bonds is 1. The van der Waals surface area contributed by atoms with Crippen LogP contribution in [0, 0.1) is 6.92 Å². The Kier molecular flexibility index (Phi) is 2.55. The van der Waals surface area contributed by atoms with E-state index in [9.17, 15) is 0 Å². The monoisotopic (exact) mass is 206 g/mol. The predicted molar refractivity (Wildman–Crippen MR) is 59.7 cm³/mol. The third-order valence-electron chi connectivity index (χ3n) is 2.22. The lowest BCUT2D eigenvalue weighted by molar-refractivity contribution is 0.883. The molecule has 2 rings (SSSR count). The first-order chi connectivity index (χ1) is 6.77. The standard InChI is InChI=1S/C11H11ClN2/c1-8-2-3-9(6-10(8)12)11-4-5-13-7-14-11/h2-7,11H,1H3,(H,13,14). The van der Waals surface area contributed by atoms with Crippen LogP contribution in [-0.4, -0.2) is 6.34 Å². The molecule has 14 heavy (non-hydrogen) atoms. The van der Waals surface area contributed by atoms with E-state index in [2.05, 4.69) is 16.4 Å². The molecule has 2 nitrogen and oxygen atoms in total. The SMILES string of the molecule is Cc1ccc(C2C=CNC=N2)cc1Cl. The van der Waals surface area contributed by atoms with Crippen molar-refractivity contribution >= 4 is 17.9 Å². The highest BCUT2D eigenvalue weighted by atomic mass is 35.5. The number of hydrogen-bond donors (Lipinski definition) is 1. The van der Waals surface area contributed by atoms with Crippen LogP contribution in [0.2, 0.25) is 5.02 Å². The molecule has 0 fully saturated rings. The molecule has 0 saturated carbocycles. The lowest BCUT2D eigenvalue weighted by Crippen LogP contribution is -2.08. The Morgan fingerprint density at radius 2 is 2.29 bits per heavy atom. The quantitative estimate of drug-likeness (QED) is 0.751. The fraction of sp³-hybridized carbons (Fsp3) is 0.182. The van der Waals surface area contributed by atoms with Crippen LogP contribution in [0.4, 0.5) is 0 Å². The van der Waals surface area contributed by atoms with Crippen LogP contribution < -0.4 is 5.32 Å². The molecular weight excluding hydrogens is 196 g/mol. The van der Waals surface area contributed by atoms with Crippen molar-refractivity contribution in [1.82, 2.24) is 5.32 Å². The second kappa shape index (κ2) is 3.84. The van der Waals surface area contributed by atoms with Crippen molar-refractivity contribution in [2.75, 3.05) is 0 Å². The van der Waals surface area contributed by atoms with E-state index in [1.54, 1.807) is 6.34 Å². The maximum Gasteiger partial charge on any atom is 0.0965 e. The molecule has 0 amide bonds. The van der Waals surface area contributed by atoms with Crippen LogP contribution in [0.15, 0.2) is 35.5 Å². The molecule has 1 aliphatic rings. The highest BCUT2D eigenvalue weighted by molar-refractivity contribution is 6.31. The van der Waals surface area contributed by atoms with Crippen molar-refractivity contribution in [2.45, 2.75) is 13.0 Å². The Bertz CT molecular complexity index is 384. The first-order valence-electron chi connectivity index (χ1n) is 4.48. The second-order valence-corrected chi connectivity index (χ2v) is 3.66. The summed E-state index contributed by atoms with van der Waals surface area (Å²) in [6.45, 7) is 1.99. The van der Waals surface area contributed by atoms with Gasteiger partial charge >= 0.3 is 0 Å². The largest absolute Gasteiger partial charge is 0.353 e. The molecule has 3 heteroatoms. The molecule has 1 heterocycles. The van der Waals surface area contributed by atoms with Crippen LogP contribution >= 0.6 is 11.6 Å². The van der Waals surface area contributed by atoms with E-state index in [1.165, 1.54) is 0 Å². The van der Waals surface area contributed by atoms with Gasteiger partial charge in [-0.25, -0.2) is 0 Å². The van der Waals surface area contributed by atoms with Gasteiger partial charge in [-0.05, 0) is 30.2 Å². The third kappa shape index (κ3) is 1.80. The second-order valence-electron chi connectivity index (χ2n) is 3.26. The van der Waals surface area contributed by atoms with Gasteiger partial charge in [0.1, 0.15) is 0 Å². The van der Waals surface area contributed by atoms with Crippen molar-refractivity contribution in [2.24, 2.45) is 4.99 Å². The Morgan fingerprint density at radius 1 is 1.43 bits per heavy atom. The number of hydrogen-bond acceptors (Lipinski definition) is 2. The van der Waals surface area contributed by atoms with E-state index in [4.69, 9.17) is 11.6 Å². The average Bonchev–Trinajstić information content (AvgIpc) is 2.23. The average molecular weight is 207 g/mol. The Labute approximate surface area is 88.3 Å². The molecule has 0 radical (unpaired) electrons. The van der Waals surface area contributed by atoms with Crippen molar-refractivity contribution in [3.63, 3.8) is 0 Å². The highest BCUT2D eigenvalue weighted by Gasteiger charge is 2.08. The number of nitrogens with one attached hydrogen (secondary N) is 1. The predicted octanol–water partition coefficient (Wildman–Crippen LogP) is 2.83. The number of aryl methyl sites for hydroxylation is 1. The van der Waals surface area contributed by atoms with E-state index in [-0.39, 0.29) is 6.04 Å². The van der Waals surface area contributed by atoms with Crippen LogP contribution in [0.1, 0.15) is 17.2 Å². The van der Waals surface area contributed by atoms with E-state index < -0.39 is 0 Å². The minimum atomic E-state index is 0.0920. The van der Waals surface area contributed by atoms with Gasteiger partial charge in [-0.1, -0.05) is 23.7 Å². The molecule has 1 aliphatic heterocycles. The van der Waals surface area contributed by atoms with Crippen molar-refractivity contribution in [1.29, 1.82) is 0 Å². The van der Waals surface area contributed by atoms with Gasteiger partial charge in [0.05, 0.1) is 12.4 Å². The summed E-state index contributed by atoms with van der Waals surface area (Å²) in [4.78, 5) is 4.29. The topological polar surface area (TPSA) is 24.4 Å². The van der Waals surface area contributed by atoms with Crippen LogP contribution in [0.5, 0.6) is 0 Å². The highest BCUT2D eigenvalue weighted by Crippen LogP contribution is 2.24. The van der Waals surface area contributed by atoms with Gasteiger partial charge in [-0.2, -0.15) is 0 Å². The summed E-state index contributed by atoms with van der Waals surface area (Å²) >= 11 is 6.04. The smallest absolute Gasteiger partial charge is 0.0965 e. The molecular formula is C11H11ClN2. The number of nitrogens with zero attached hydrogens (tertiary/aromatic N) is 1. The maximum atomic E-state index is 6.04. The van der Waals surface area contributed by atoms with E-state index in [1.807, 2.05) is 31.3 Å². The molecule has 1 aromatic rings. The molecule has 0 bridgehead atoms. The summed E-state index contributed by atoms with van der Waals surface area (Å²) < 4.78 is 0. The van der Waals surface area contributed by atoms with E-state index in [0.29, 0.717) is 0 Å². The van der Waals surface area contributed by atoms with Gasteiger partial charge in [0.25, 0.3) is 0 Å². The molecule has 1 unspecified atom stereocenters. The van der Waals surface area contributed by atoms with Gasteiger partial charge in [0.15, 0.2) is 0 Å². The Balaban J connectivity index is 2.32. The van der Waals surface area contributed by atoms with Gasteiger partial charge in [-0.3, -0.25) is 4.99 Å². The fourth-order valence-corrected chi connectivity index (χ4v) is 1.54. The lowest BCUT2D eigenvalue weighted by atomic mass is 10.1.